The van der Waals surface area contributed by atoms with Gasteiger partial charge in [0.15, 0.2) is 0 Å². The fraction of sp³-hybridized carbons (Fsp3) is 0.500. The first-order valence-electron chi connectivity index (χ1n) is 5.13. The van der Waals surface area contributed by atoms with Crippen LogP contribution in [0.2, 0.25) is 0 Å². The molecule has 0 N–H and O–H groups in total. The fourth-order valence-corrected chi connectivity index (χ4v) is 4.60. The van der Waals surface area contributed by atoms with E-state index in [1.54, 1.807) is 0 Å². The van der Waals surface area contributed by atoms with Crippen LogP contribution in [0.15, 0.2) is 24.3 Å². The largest absolute Gasteiger partial charge is 0.147 e. The lowest BCUT2D eigenvalue weighted by molar-refractivity contribution is 1.04. The van der Waals surface area contributed by atoms with Gasteiger partial charge in [-0.1, -0.05) is 29.8 Å². The Morgan fingerprint density at radius 2 is 2.07 bits per heavy atom. The summed E-state index contributed by atoms with van der Waals surface area (Å²) in [5, 5.41) is 0. The molecule has 0 nitrogen and oxygen atoms in total. The van der Waals surface area contributed by atoms with Crippen molar-refractivity contribution in [1.29, 1.82) is 0 Å². The Morgan fingerprint density at radius 1 is 1.29 bits per heavy atom. The van der Waals surface area contributed by atoms with Gasteiger partial charge in [0.1, 0.15) is 0 Å². The average Bonchev–Trinajstić information content (AvgIpc) is 2.19. The number of hydrogen-bond donors (Lipinski definition) is 0. The van der Waals surface area contributed by atoms with Gasteiger partial charge in [-0.3, -0.25) is 0 Å². The zero-order valence-electron chi connectivity index (χ0n) is 8.53. The molecule has 0 bridgehead atoms. The van der Waals surface area contributed by atoms with Crippen LogP contribution in [0.25, 0.3) is 0 Å². The molecule has 0 radical (unpaired) electrons. The third-order valence-corrected chi connectivity index (χ3v) is 5.32. The summed E-state index contributed by atoms with van der Waals surface area (Å²) in [7, 11) is 0. The van der Waals surface area contributed by atoms with Crippen molar-refractivity contribution in [3.8, 4) is 0 Å². The molecule has 14 heavy (non-hydrogen) atoms. The lowest BCUT2D eigenvalue weighted by Gasteiger charge is -2.20. The van der Waals surface area contributed by atoms with Gasteiger partial charge in [-0.15, -0.1) is 23.5 Å². The molecule has 1 aromatic rings. The van der Waals surface area contributed by atoms with Crippen LogP contribution in [0.5, 0.6) is 0 Å². The first-order valence-corrected chi connectivity index (χ1v) is 7.23. The van der Waals surface area contributed by atoms with Crippen molar-refractivity contribution in [1.82, 2.24) is 0 Å². The normalized spacial score (nSPS) is 18.4. The van der Waals surface area contributed by atoms with Crippen LogP contribution in [0, 0.1) is 6.92 Å². The Balaban J connectivity index is 1.95. The molecule has 1 heterocycles. The summed E-state index contributed by atoms with van der Waals surface area (Å²) in [6, 6.07) is 8.91. The number of aryl methyl sites for hydroxylation is 1. The summed E-state index contributed by atoms with van der Waals surface area (Å²) in [6.07, 6.45) is 2.62. The molecule has 0 atom stereocenters. The topological polar surface area (TPSA) is 0 Å². The molecule has 1 aliphatic heterocycles. The fourth-order valence-electron chi connectivity index (χ4n) is 1.69. The molecule has 0 aliphatic carbocycles. The van der Waals surface area contributed by atoms with E-state index in [-0.39, 0.29) is 0 Å². The van der Waals surface area contributed by atoms with Gasteiger partial charge in [0.2, 0.25) is 0 Å². The summed E-state index contributed by atoms with van der Waals surface area (Å²) in [6.45, 7) is 2.17. The molecule has 0 spiro atoms. The maximum atomic E-state index is 2.32. The second-order valence-corrected chi connectivity index (χ2v) is 6.64. The van der Waals surface area contributed by atoms with Gasteiger partial charge in [-0.05, 0) is 36.8 Å². The third-order valence-electron chi connectivity index (χ3n) is 2.38. The van der Waals surface area contributed by atoms with Crippen molar-refractivity contribution in [3.63, 3.8) is 0 Å². The SMILES string of the molecule is Cc1cccc(CC2SCCCS2)c1. The molecule has 2 heteroatoms. The molecule has 0 amide bonds. The van der Waals surface area contributed by atoms with Crippen LogP contribution in [0.1, 0.15) is 17.5 Å². The summed E-state index contributed by atoms with van der Waals surface area (Å²) < 4.78 is 0.797. The number of hydrogen-bond acceptors (Lipinski definition) is 2. The molecular weight excluding hydrogens is 208 g/mol. The average molecular weight is 224 g/mol. The Kier molecular flexibility index (Phi) is 3.82. The molecular formula is C12H16S2. The van der Waals surface area contributed by atoms with Crippen molar-refractivity contribution < 1.29 is 0 Å². The molecule has 2 rings (SSSR count). The maximum absolute atomic E-state index is 2.32. The molecule has 1 aliphatic rings. The molecule has 0 aromatic heterocycles. The Labute approximate surface area is 94.9 Å². The highest BCUT2D eigenvalue weighted by atomic mass is 32.2. The third kappa shape index (κ3) is 2.96. The van der Waals surface area contributed by atoms with Crippen LogP contribution >= 0.6 is 23.5 Å². The zero-order chi connectivity index (χ0) is 9.80. The Morgan fingerprint density at radius 3 is 2.79 bits per heavy atom. The van der Waals surface area contributed by atoms with E-state index in [1.165, 1.54) is 35.5 Å². The van der Waals surface area contributed by atoms with Crippen molar-refractivity contribution in [2.24, 2.45) is 0 Å². The van der Waals surface area contributed by atoms with Crippen molar-refractivity contribution in [2.75, 3.05) is 11.5 Å². The quantitative estimate of drug-likeness (QED) is 0.750. The highest BCUT2D eigenvalue weighted by Gasteiger charge is 2.14. The summed E-state index contributed by atoms with van der Waals surface area (Å²) >= 11 is 4.25. The first-order chi connectivity index (χ1) is 6.84. The van der Waals surface area contributed by atoms with Gasteiger partial charge < -0.3 is 0 Å². The van der Waals surface area contributed by atoms with E-state index in [2.05, 4.69) is 54.7 Å². The predicted molar refractivity (Wildman–Crippen MR) is 68.2 cm³/mol. The number of thioether (sulfide) groups is 2. The second-order valence-electron chi connectivity index (χ2n) is 3.72. The van der Waals surface area contributed by atoms with Crippen molar-refractivity contribution in [2.45, 2.75) is 24.3 Å². The predicted octanol–water partition coefficient (Wildman–Crippen LogP) is 3.73. The van der Waals surface area contributed by atoms with Crippen molar-refractivity contribution >= 4 is 23.5 Å². The summed E-state index contributed by atoms with van der Waals surface area (Å²) in [5.41, 5.74) is 2.88. The molecule has 0 saturated carbocycles. The van der Waals surface area contributed by atoms with Crippen molar-refractivity contribution in [3.05, 3.63) is 35.4 Å². The van der Waals surface area contributed by atoms with E-state index in [0.29, 0.717) is 0 Å². The number of rotatable bonds is 2. The zero-order valence-corrected chi connectivity index (χ0v) is 10.2. The second kappa shape index (κ2) is 5.13. The lowest BCUT2D eigenvalue weighted by Crippen LogP contribution is -2.09. The number of benzene rings is 1. The van der Waals surface area contributed by atoms with Crippen LogP contribution in [-0.2, 0) is 6.42 Å². The maximum Gasteiger partial charge on any atom is 0.0542 e. The van der Waals surface area contributed by atoms with Gasteiger partial charge >= 0.3 is 0 Å². The molecule has 1 aromatic carbocycles. The highest BCUT2D eigenvalue weighted by molar-refractivity contribution is 8.17. The first kappa shape index (κ1) is 10.4. The smallest absolute Gasteiger partial charge is 0.0542 e. The lowest BCUT2D eigenvalue weighted by atomic mass is 10.1. The Hall–Kier alpha value is -0.0800. The van der Waals surface area contributed by atoms with Gasteiger partial charge in [0, 0.05) is 0 Å². The van der Waals surface area contributed by atoms with Gasteiger partial charge in [0.05, 0.1) is 4.58 Å². The van der Waals surface area contributed by atoms with Crippen LogP contribution in [0.4, 0.5) is 0 Å². The standard InChI is InChI=1S/C12H16S2/c1-10-4-2-5-11(8-10)9-12-13-6-3-7-14-12/h2,4-5,8,12H,3,6-7,9H2,1H3. The molecule has 1 saturated heterocycles. The van der Waals surface area contributed by atoms with E-state index in [1.807, 2.05) is 0 Å². The minimum atomic E-state index is 0.797. The van der Waals surface area contributed by atoms with E-state index >= 15 is 0 Å². The minimum absolute atomic E-state index is 0.797. The van der Waals surface area contributed by atoms with E-state index in [4.69, 9.17) is 0 Å². The monoisotopic (exact) mass is 224 g/mol. The van der Waals surface area contributed by atoms with Crippen LogP contribution < -0.4 is 0 Å². The molecule has 1 fully saturated rings. The van der Waals surface area contributed by atoms with E-state index in [0.717, 1.165) is 4.58 Å². The van der Waals surface area contributed by atoms with Gasteiger partial charge in [-0.25, -0.2) is 0 Å². The summed E-state index contributed by atoms with van der Waals surface area (Å²) in [4.78, 5) is 0. The molecule has 0 unspecified atom stereocenters. The Bertz CT molecular complexity index is 290. The van der Waals surface area contributed by atoms with Crippen LogP contribution in [0.3, 0.4) is 0 Å². The summed E-state index contributed by atoms with van der Waals surface area (Å²) in [5.74, 6) is 2.70. The minimum Gasteiger partial charge on any atom is -0.147 e. The van der Waals surface area contributed by atoms with Gasteiger partial charge in [-0.2, -0.15) is 0 Å². The van der Waals surface area contributed by atoms with Gasteiger partial charge in [0.25, 0.3) is 0 Å². The molecule has 76 valence electrons. The van der Waals surface area contributed by atoms with E-state index < -0.39 is 0 Å². The van der Waals surface area contributed by atoms with E-state index in [9.17, 15) is 0 Å². The van der Waals surface area contributed by atoms with Crippen LogP contribution in [-0.4, -0.2) is 16.1 Å². The highest BCUT2D eigenvalue weighted by Crippen LogP contribution is 2.32.